The second-order valence-corrected chi connectivity index (χ2v) is 6.55. The van der Waals surface area contributed by atoms with Crippen LogP contribution < -0.4 is 20.1 Å². The van der Waals surface area contributed by atoms with Crippen molar-refractivity contribution in [3.05, 3.63) is 57.8 Å². The lowest BCUT2D eigenvalue weighted by Crippen LogP contribution is -2.37. The summed E-state index contributed by atoms with van der Waals surface area (Å²) in [6.07, 6.45) is 0. The van der Waals surface area contributed by atoms with Gasteiger partial charge in [-0.2, -0.15) is 0 Å². The number of methoxy groups -OCH3 is 1. The number of rotatable bonds is 9. The van der Waals surface area contributed by atoms with Crippen LogP contribution in [0, 0.1) is 5.82 Å². The SMILES string of the molecule is COc1ccccc1OCCNC(=O)CN[C@@H](C)c1cc(F)c(Cl)cc1Cl. The fourth-order valence-corrected chi connectivity index (χ4v) is 2.92. The minimum atomic E-state index is -0.553. The van der Waals surface area contributed by atoms with E-state index in [2.05, 4.69) is 10.6 Å². The first-order chi connectivity index (χ1) is 12.9. The van der Waals surface area contributed by atoms with Crippen molar-refractivity contribution in [2.45, 2.75) is 13.0 Å². The van der Waals surface area contributed by atoms with E-state index in [0.29, 0.717) is 35.2 Å². The van der Waals surface area contributed by atoms with E-state index in [0.717, 1.165) is 0 Å². The van der Waals surface area contributed by atoms with Gasteiger partial charge in [0.1, 0.15) is 12.4 Å². The van der Waals surface area contributed by atoms with E-state index < -0.39 is 5.82 Å². The van der Waals surface area contributed by atoms with Crippen molar-refractivity contribution in [1.29, 1.82) is 0 Å². The first kappa shape index (κ1) is 21.3. The summed E-state index contributed by atoms with van der Waals surface area (Å²) in [7, 11) is 1.57. The van der Waals surface area contributed by atoms with Crippen LogP contribution in [-0.4, -0.2) is 32.7 Å². The summed E-state index contributed by atoms with van der Waals surface area (Å²) >= 11 is 11.8. The predicted octanol–water partition coefficient (Wildman–Crippen LogP) is 3.99. The number of para-hydroxylation sites is 2. The summed E-state index contributed by atoms with van der Waals surface area (Å²) in [5.74, 6) is 0.477. The largest absolute Gasteiger partial charge is 0.493 e. The third-order valence-electron chi connectivity index (χ3n) is 3.83. The molecule has 2 N–H and O–H groups in total. The van der Waals surface area contributed by atoms with Gasteiger partial charge in [-0.05, 0) is 36.8 Å². The highest BCUT2D eigenvalue weighted by Gasteiger charge is 2.14. The Hall–Kier alpha value is -2.02. The molecular formula is C19H21Cl2FN2O3. The van der Waals surface area contributed by atoms with Crippen molar-refractivity contribution in [3.8, 4) is 11.5 Å². The summed E-state index contributed by atoms with van der Waals surface area (Å²) in [5, 5.41) is 6.03. The molecule has 0 saturated heterocycles. The highest BCUT2D eigenvalue weighted by atomic mass is 35.5. The van der Waals surface area contributed by atoms with Crippen LogP contribution in [0.1, 0.15) is 18.5 Å². The molecule has 2 aromatic carbocycles. The van der Waals surface area contributed by atoms with E-state index in [1.165, 1.54) is 12.1 Å². The average molecular weight is 415 g/mol. The molecule has 1 atom stereocenters. The fraction of sp³-hybridized carbons (Fsp3) is 0.316. The normalized spacial score (nSPS) is 11.7. The third kappa shape index (κ3) is 6.27. The topological polar surface area (TPSA) is 59.6 Å². The van der Waals surface area contributed by atoms with Crippen LogP contribution in [0.5, 0.6) is 11.5 Å². The van der Waals surface area contributed by atoms with E-state index in [4.69, 9.17) is 32.7 Å². The van der Waals surface area contributed by atoms with E-state index >= 15 is 0 Å². The van der Waals surface area contributed by atoms with Crippen LogP contribution in [0.25, 0.3) is 0 Å². The van der Waals surface area contributed by atoms with Crippen molar-refractivity contribution in [2.24, 2.45) is 0 Å². The standard InChI is InChI=1S/C19H21Cl2FN2O3/c1-12(13-9-16(22)15(21)10-14(13)20)24-11-19(25)23-7-8-27-18-6-4-3-5-17(18)26-2/h3-6,9-10,12,24H,7-8,11H2,1-2H3,(H,23,25)/t12-/m0/s1. The van der Waals surface area contributed by atoms with E-state index in [1.807, 2.05) is 12.1 Å². The van der Waals surface area contributed by atoms with Crippen LogP contribution in [0.15, 0.2) is 36.4 Å². The minimum absolute atomic E-state index is 0.0382. The van der Waals surface area contributed by atoms with Crippen LogP contribution in [-0.2, 0) is 4.79 Å². The molecule has 0 aliphatic heterocycles. The summed E-state index contributed by atoms with van der Waals surface area (Å²) in [6, 6.07) is 9.57. The molecule has 0 aliphatic rings. The number of hydrogen-bond acceptors (Lipinski definition) is 4. The molecule has 8 heteroatoms. The number of nitrogens with one attached hydrogen (secondary N) is 2. The van der Waals surface area contributed by atoms with Gasteiger partial charge in [-0.3, -0.25) is 4.79 Å². The summed E-state index contributed by atoms with van der Waals surface area (Å²) in [4.78, 5) is 11.9. The quantitative estimate of drug-likeness (QED) is 0.481. The fourth-order valence-electron chi connectivity index (χ4n) is 2.38. The van der Waals surface area contributed by atoms with Crippen molar-refractivity contribution in [1.82, 2.24) is 10.6 Å². The molecule has 0 radical (unpaired) electrons. The molecule has 0 unspecified atom stereocenters. The van der Waals surface area contributed by atoms with E-state index in [1.54, 1.807) is 26.2 Å². The van der Waals surface area contributed by atoms with Crippen molar-refractivity contribution >= 4 is 29.1 Å². The first-order valence-corrected chi connectivity index (χ1v) is 9.08. The third-order valence-corrected chi connectivity index (χ3v) is 4.44. The zero-order valence-electron chi connectivity index (χ0n) is 15.0. The Morgan fingerprint density at radius 2 is 1.89 bits per heavy atom. The van der Waals surface area contributed by atoms with Gasteiger partial charge in [0.15, 0.2) is 11.5 Å². The molecule has 0 spiro atoms. The smallest absolute Gasteiger partial charge is 0.234 e. The summed E-state index contributed by atoms with van der Waals surface area (Å²) in [5.41, 5.74) is 0.533. The molecule has 2 aromatic rings. The number of ether oxygens (including phenoxy) is 2. The predicted molar refractivity (Wildman–Crippen MR) is 104 cm³/mol. The molecular weight excluding hydrogens is 394 g/mol. The maximum absolute atomic E-state index is 13.6. The van der Waals surface area contributed by atoms with Crippen molar-refractivity contribution in [3.63, 3.8) is 0 Å². The molecule has 0 bridgehead atoms. The monoisotopic (exact) mass is 414 g/mol. The van der Waals surface area contributed by atoms with E-state index in [9.17, 15) is 9.18 Å². The van der Waals surface area contributed by atoms with Gasteiger partial charge in [0.25, 0.3) is 0 Å². The molecule has 146 valence electrons. The van der Waals surface area contributed by atoms with Crippen molar-refractivity contribution < 1.29 is 18.7 Å². The summed E-state index contributed by atoms with van der Waals surface area (Å²) in [6.45, 7) is 2.47. The Morgan fingerprint density at radius 1 is 1.19 bits per heavy atom. The Bertz CT molecular complexity index is 790. The van der Waals surface area contributed by atoms with Crippen LogP contribution in [0.4, 0.5) is 4.39 Å². The maximum Gasteiger partial charge on any atom is 0.234 e. The van der Waals surface area contributed by atoms with Crippen LogP contribution in [0.2, 0.25) is 10.0 Å². The number of amides is 1. The number of carbonyl (C=O) groups is 1. The van der Waals surface area contributed by atoms with Gasteiger partial charge >= 0.3 is 0 Å². The first-order valence-electron chi connectivity index (χ1n) is 8.32. The van der Waals surface area contributed by atoms with Gasteiger partial charge < -0.3 is 20.1 Å². The second kappa shape index (κ2) is 10.3. The highest BCUT2D eigenvalue weighted by Crippen LogP contribution is 2.28. The molecule has 0 fully saturated rings. The number of benzene rings is 2. The molecule has 0 aromatic heterocycles. The van der Waals surface area contributed by atoms with Gasteiger partial charge in [0.05, 0.1) is 25.2 Å². The second-order valence-electron chi connectivity index (χ2n) is 5.74. The summed E-state index contributed by atoms with van der Waals surface area (Å²) < 4.78 is 24.4. The lowest BCUT2D eigenvalue weighted by molar-refractivity contribution is -0.120. The molecule has 0 heterocycles. The Kier molecular flexibility index (Phi) is 8.16. The van der Waals surface area contributed by atoms with Gasteiger partial charge in [0, 0.05) is 11.1 Å². The Morgan fingerprint density at radius 3 is 2.59 bits per heavy atom. The number of hydrogen-bond donors (Lipinski definition) is 2. The molecule has 2 rings (SSSR count). The average Bonchev–Trinajstić information content (AvgIpc) is 2.66. The van der Waals surface area contributed by atoms with Crippen LogP contribution >= 0.6 is 23.2 Å². The lowest BCUT2D eigenvalue weighted by Gasteiger charge is -2.16. The molecule has 1 amide bonds. The van der Waals surface area contributed by atoms with Gasteiger partial charge in [-0.1, -0.05) is 35.3 Å². The molecule has 5 nitrogen and oxygen atoms in total. The van der Waals surface area contributed by atoms with Gasteiger partial charge in [-0.15, -0.1) is 0 Å². The zero-order chi connectivity index (χ0) is 19.8. The Balaban J connectivity index is 1.74. The lowest BCUT2D eigenvalue weighted by atomic mass is 10.1. The van der Waals surface area contributed by atoms with Gasteiger partial charge in [0.2, 0.25) is 5.91 Å². The molecule has 27 heavy (non-hydrogen) atoms. The Labute approximate surface area is 167 Å². The zero-order valence-corrected chi connectivity index (χ0v) is 16.5. The number of carbonyl (C=O) groups excluding carboxylic acids is 1. The highest BCUT2D eigenvalue weighted by molar-refractivity contribution is 6.35. The molecule has 0 saturated carbocycles. The van der Waals surface area contributed by atoms with Crippen LogP contribution in [0.3, 0.4) is 0 Å². The minimum Gasteiger partial charge on any atom is -0.493 e. The maximum atomic E-state index is 13.6. The number of halogens is 3. The van der Waals surface area contributed by atoms with E-state index in [-0.39, 0.29) is 23.5 Å². The van der Waals surface area contributed by atoms with Crippen molar-refractivity contribution in [2.75, 3.05) is 26.8 Å². The molecule has 0 aliphatic carbocycles. The van der Waals surface area contributed by atoms with Gasteiger partial charge in [-0.25, -0.2) is 4.39 Å².